The van der Waals surface area contributed by atoms with Crippen LogP contribution in [0.1, 0.15) is 19.4 Å². The molecule has 18 heavy (non-hydrogen) atoms. The molecule has 1 aliphatic rings. The predicted octanol–water partition coefficient (Wildman–Crippen LogP) is 2.73. The van der Waals surface area contributed by atoms with Gasteiger partial charge in [0, 0.05) is 19.6 Å². The number of ether oxygens (including phenoxy) is 2. The highest BCUT2D eigenvalue weighted by Gasteiger charge is 2.09. The Morgan fingerprint density at radius 1 is 1.11 bits per heavy atom. The molecule has 0 radical (unpaired) electrons. The van der Waals surface area contributed by atoms with E-state index in [1.165, 1.54) is 5.56 Å². The maximum atomic E-state index is 5.68. The highest BCUT2D eigenvalue weighted by Crippen LogP contribution is 2.11. The van der Waals surface area contributed by atoms with E-state index >= 15 is 0 Å². The van der Waals surface area contributed by atoms with Gasteiger partial charge in [0.2, 0.25) is 0 Å². The van der Waals surface area contributed by atoms with Gasteiger partial charge in [-0.25, -0.2) is 0 Å². The van der Waals surface area contributed by atoms with Crippen LogP contribution in [0.5, 0.6) is 5.75 Å². The van der Waals surface area contributed by atoms with Gasteiger partial charge in [0.05, 0.1) is 13.2 Å². The Kier molecular flexibility index (Phi) is 7.46. The average molecular weight is 251 g/mol. The molecule has 3 nitrogen and oxygen atoms in total. The molecule has 2 rings (SSSR count). The fourth-order valence-corrected chi connectivity index (χ4v) is 1.75. The summed E-state index contributed by atoms with van der Waals surface area (Å²) in [6.45, 7) is 11.6. The fraction of sp³-hybridized carbons (Fsp3) is 0.600. The zero-order chi connectivity index (χ0) is 13.2. The molecule has 0 aliphatic carbocycles. The molecule has 0 amide bonds. The Morgan fingerprint density at radius 3 is 2.33 bits per heavy atom. The molecular weight excluding hydrogens is 226 g/mol. The first-order chi connectivity index (χ1) is 8.84. The molecule has 0 spiro atoms. The second-order valence-corrected chi connectivity index (χ2v) is 4.12. The minimum Gasteiger partial charge on any atom is -0.492 e. The van der Waals surface area contributed by atoms with Crippen molar-refractivity contribution in [3.05, 3.63) is 29.8 Å². The van der Waals surface area contributed by atoms with Crippen molar-refractivity contribution >= 4 is 0 Å². The summed E-state index contributed by atoms with van der Waals surface area (Å²) in [6, 6.07) is 8.19. The number of aryl methyl sites for hydroxylation is 1. The highest BCUT2D eigenvalue weighted by atomic mass is 16.5. The quantitative estimate of drug-likeness (QED) is 0.821. The normalized spacial score (nSPS) is 15.7. The van der Waals surface area contributed by atoms with E-state index < -0.39 is 0 Å². The van der Waals surface area contributed by atoms with Crippen molar-refractivity contribution in [2.75, 3.05) is 39.5 Å². The number of morpholine rings is 1. The van der Waals surface area contributed by atoms with E-state index in [-0.39, 0.29) is 0 Å². The van der Waals surface area contributed by atoms with Gasteiger partial charge in [0.15, 0.2) is 0 Å². The third-order valence-electron chi connectivity index (χ3n) is 2.80. The summed E-state index contributed by atoms with van der Waals surface area (Å²) in [4.78, 5) is 2.37. The van der Waals surface area contributed by atoms with E-state index in [2.05, 4.69) is 24.0 Å². The lowest BCUT2D eigenvalue weighted by atomic mass is 10.2. The molecule has 1 aliphatic heterocycles. The van der Waals surface area contributed by atoms with Crippen molar-refractivity contribution in [1.29, 1.82) is 0 Å². The standard InChI is InChI=1S/C13H19NO2.C2H6/c1-12-2-4-13(5-3-12)16-11-8-14-6-9-15-10-7-14;1-2/h2-5H,6-11H2,1H3;1-2H3. The summed E-state index contributed by atoms with van der Waals surface area (Å²) in [6.07, 6.45) is 0. The molecule has 1 fully saturated rings. The number of hydrogen-bond acceptors (Lipinski definition) is 3. The van der Waals surface area contributed by atoms with E-state index in [1.54, 1.807) is 0 Å². The average Bonchev–Trinajstić information content (AvgIpc) is 2.44. The van der Waals surface area contributed by atoms with Gasteiger partial charge in [0.25, 0.3) is 0 Å². The number of benzene rings is 1. The Labute approximate surface area is 111 Å². The van der Waals surface area contributed by atoms with Crippen LogP contribution in [0.4, 0.5) is 0 Å². The van der Waals surface area contributed by atoms with E-state index in [9.17, 15) is 0 Å². The Morgan fingerprint density at radius 2 is 1.72 bits per heavy atom. The predicted molar refractivity (Wildman–Crippen MR) is 75.3 cm³/mol. The summed E-state index contributed by atoms with van der Waals surface area (Å²) in [5, 5.41) is 0. The molecule has 1 saturated heterocycles. The van der Waals surface area contributed by atoms with Crippen molar-refractivity contribution in [2.24, 2.45) is 0 Å². The first-order valence-electron chi connectivity index (χ1n) is 6.84. The van der Waals surface area contributed by atoms with E-state index in [1.807, 2.05) is 26.0 Å². The van der Waals surface area contributed by atoms with Gasteiger partial charge in [-0.15, -0.1) is 0 Å². The van der Waals surface area contributed by atoms with Crippen molar-refractivity contribution in [1.82, 2.24) is 4.90 Å². The van der Waals surface area contributed by atoms with Crippen LogP contribution in [-0.2, 0) is 4.74 Å². The summed E-state index contributed by atoms with van der Waals surface area (Å²) >= 11 is 0. The molecule has 0 N–H and O–H groups in total. The molecular formula is C15H25NO2. The topological polar surface area (TPSA) is 21.7 Å². The Bertz CT molecular complexity index is 305. The maximum absolute atomic E-state index is 5.68. The maximum Gasteiger partial charge on any atom is 0.119 e. The van der Waals surface area contributed by atoms with Gasteiger partial charge < -0.3 is 9.47 Å². The monoisotopic (exact) mass is 251 g/mol. The van der Waals surface area contributed by atoms with Gasteiger partial charge in [0.1, 0.15) is 12.4 Å². The van der Waals surface area contributed by atoms with Crippen LogP contribution in [0.25, 0.3) is 0 Å². The summed E-state index contributed by atoms with van der Waals surface area (Å²) in [5.41, 5.74) is 1.26. The van der Waals surface area contributed by atoms with Crippen LogP contribution >= 0.6 is 0 Å². The Hall–Kier alpha value is -1.06. The minimum atomic E-state index is 0.753. The molecule has 1 aromatic carbocycles. The summed E-state index contributed by atoms with van der Waals surface area (Å²) in [5.74, 6) is 0.957. The van der Waals surface area contributed by atoms with Crippen LogP contribution < -0.4 is 4.74 Å². The minimum absolute atomic E-state index is 0.753. The summed E-state index contributed by atoms with van der Waals surface area (Å²) < 4.78 is 11.0. The van der Waals surface area contributed by atoms with Crippen LogP contribution in [0.2, 0.25) is 0 Å². The zero-order valence-electron chi connectivity index (χ0n) is 11.8. The lowest BCUT2D eigenvalue weighted by molar-refractivity contribution is 0.0322. The molecule has 0 saturated carbocycles. The largest absolute Gasteiger partial charge is 0.492 e. The SMILES string of the molecule is CC.Cc1ccc(OCCN2CCOCC2)cc1. The smallest absolute Gasteiger partial charge is 0.119 e. The van der Waals surface area contributed by atoms with Crippen molar-refractivity contribution < 1.29 is 9.47 Å². The van der Waals surface area contributed by atoms with Crippen molar-refractivity contribution in [3.63, 3.8) is 0 Å². The molecule has 1 aromatic rings. The van der Waals surface area contributed by atoms with Crippen LogP contribution in [-0.4, -0.2) is 44.4 Å². The van der Waals surface area contributed by atoms with Gasteiger partial charge >= 0.3 is 0 Å². The second kappa shape index (κ2) is 8.95. The molecule has 1 heterocycles. The van der Waals surface area contributed by atoms with Gasteiger partial charge in [-0.2, -0.15) is 0 Å². The number of hydrogen-bond donors (Lipinski definition) is 0. The first kappa shape index (κ1) is 15.0. The Balaban J connectivity index is 0.000000771. The van der Waals surface area contributed by atoms with Crippen molar-refractivity contribution in [2.45, 2.75) is 20.8 Å². The molecule has 0 aromatic heterocycles. The lowest BCUT2D eigenvalue weighted by Crippen LogP contribution is -2.38. The zero-order valence-corrected chi connectivity index (χ0v) is 11.8. The third kappa shape index (κ3) is 5.52. The van der Waals surface area contributed by atoms with E-state index in [0.29, 0.717) is 0 Å². The van der Waals surface area contributed by atoms with Crippen LogP contribution in [0.15, 0.2) is 24.3 Å². The van der Waals surface area contributed by atoms with E-state index in [0.717, 1.165) is 45.2 Å². The van der Waals surface area contributed by atoms with Gasteiger partial charge in [-0.3, -0.25) is 4.90 Å². The first-order valence-corrected chi connectivity index (χ1v) is 6.84. The summed E-state index contributed by atoms with van der Waals surface area (Å²) in [7, 11) is 0. The van der Waals surface area contributed by atoms with Crippen LogP contribution in [0, 0.1) is 6.92 Å². The number of nitrogens with zero attached hydrogens (tertiary/aromatic N) is 1. The highest BCUT2D eigenvalue weighted by molar-refractivity contribution is 5.26. The molecule has 0 atom stereocenters. The number of rotatable bonds is 4. The van der Waals surface area contributed by atoms with Crippen LogP contribution in [0.3, 0.4) is 0 Å². The van der Waals surface area contributed by atoms with E-state index in [4.69, 9.17) is 9.47 Å². The second-order valence-electron chi connectivity index (χ2n) is 4.12. The van der Waals surface area contributed by atoms with Gasteiger partial charge in [-0.1, -0.05) is 31.5 Å². The third-order valence-corrected chi connectivity index (χ3v) is 2.80. The lowest BCUT2D eigenvalue weighted by Gasteiger charge is -2.26. The molecule has 0 bridgehead atoms. The molecule has 102 valence electrons. The molecule has 3 heteroatoms. The van der Waals surface area contributed by atoms with Crippen molar-refractivity contribution in [3.8, 4) is 5.75 Å². The molecule has 0 unspecified atom stereocenters. The van der Waals surface area contributed by atoms with Gasteiger partial charge in [-0.05, 0) is 19.1 Å². The fourth-order valence-electron chi connectivity index (χ4n) is 1.75.